The Morgan fingerprint density at radius 3 is 2.67 bits per heavy atom. The summed E-state index contributed by atoms with van der Waals surface area (Å²) in [6.45, 7) is 6.30. The van der Waals surface area contributed by atoms with Crippen LogP contribution < -0.4 is 0 Å². The summed E-state index contributed by atoms with van der Waals surface area (Å²) in [5.41, 5.74) is 0. The van der Waals surface area contributed by atoms with Crippen LogP contribution in [-0.4, -0.2) is 36.4 Å². The average molecular weight is 256 g/mol. The lowest BCUT2D eigenvalue weighted by atomic mass is 10.3. The zero-order chi connectivity index (χ0) is 13.5. The minimum absolute atomic E-state index is 0.147. The number of hydrogen-bond acceptors (Lipinski definition) is 5. The molecule has 0 amide bonds. The summed E-state index contributed by atoms with van der Waals surface area (Å²) in [4.78, 5) is 20.4. The Bertz CT molecular complexity index is 367. The smallest absolute Gasteiger partial charge is 0.375 e. The summed E-state index contributed by atoms with van der Waals surface area (Å²) < 4.78 is 14.1. The number of carboxylic acid groups (broad SMARTS) is 1. The van der Waals surface area contributed by atoms with Gasteiger partial charge >= 0.3 is 11.9 Å². The molecule has 0 saturated carbocycles. The summed E-state index contributed by atoms with van der Waals surface area (Å²) in [5, 5.41) is 8.27. The van der Waals surface area contributed by atoms with Crippen molar-refractivity contribution in [3.8, 4) is 0 Å². The molecule has 6 heteroatoms. The lowest BCUT2D eigenvalue weighted by molar-refractivity contribution is -0.138. The molecule has 2 rings (SSSR count). The fourth-order valence-electron chi connectivity index (χ4n) is 1.05. The van der Waals surface area contributed by atoms with Gasteiger partial charge in [0.2, 0.25) is 5.76 Å². The first-order valence-corrected chi connectivity index (χ1v) is 5.63. The Morgan fingerprint density at radius 1 is 1.61 bits per heavy atom. The van der Waals surface area contributed by atoms with Gasteiger partial charge in [-0.15, -0.1) is 0 Å². The number of esters is 1. The van der Waals surface area contributed by atoms with Crippen LogP contribution >= 0.6 is 0 Å². The van der Waals surface area contributed by atoms with Gasteiger partial charge in [0.25, 0.3) is 0 Å². The molecule has 0 spiro atoms. The van der Waals surface area contributed by atoms with E-state index in [1.54, 1.807) is 0 Å². The zero-order valence-electron chi connectivity index (χ0n) is 10.2. The van der Waals surface area contributed by atoms with Crippen molar-refractivity contribution >= 4 is 11.9 Å². The number of hydrogen-bond donors (Lipinski definition) is 1. The van der Waals surface area contributed by atoms with E-state index in [4.69, 9.17) is 9.84 Å². The highest BCUT2D eigenvalue weighted by Gasteiger charge is 2.30. The van der Waals surface area contributed by atoms with Crippen LogP contribution in [0.1, 0.15) is 19.8 Å². The first-order valence-electron chi connectivity index (χ1n) is 5.63. The number of carboxylic acids is 1. The molecule has 18 heavy (non-hydrogen) atoms. The van der Waals surface area contributed by atoms with E-state index in [9.17, 15) is 9.59 Å². The molecule has 2 aliphatic heterocycles. The van der Waals surface area contributed by atoms with E-state index in [0.29, 0.717) is 19.0 Å². The van der Waals surface area contributed by atoms with Crippen molar-refractivity contribution in [3.63, 3.8) is 0 Å². The molecule has 1 N–H and O–H groups in total. The van der Waals surface area contributed by atoms with Crippen molar-refractivity contribution in [1.82, 2.24) is 0 Å². The van der Waals surface area contributed by atoms with E-state index in [0.717, 1.165) is 18.9 Å². The van der Waals surface area contributed by atoms with Crippen molar-refractivity contribution < 1.29 is 28.9 Å². The number of ether oxygens (including phenoxy) is 3. The molecule has 0 radical (unpaired) electrons. The molecule has 2 heterocycles. The number of epoxide rings is 1. The number of allylic oxidation sites excluding steroid dienone is 1. The van der Waals surface area contributed by atoms with Crippen LogP contribution in [0, 0.1) is 0 Å². The third-order valence-electron chi connectivity index (χ3n) is 2.09. The van der Waals surface area contributed by atoms with Crippen LogP contribution in [0.4, 0.5) is 0 Å². The monoisotopic (exact) mass is 256 g/mol. The van der Waals surface area contributed by atoms with E-state index in [1.807, 2.05) is 6.92 Å². The van der Waals surface area contributed by atoms with Crippen LogP contribution in [0.25, 0.3) is 0 Å². The maximum absolute atomic E-state index is 10.3. The molecule has 1 fully saturated rings. The van der Waals surface area contributed by atoms with Gasteiger partial charge in [0.1, 0.15) is 12.7 Å². The molecule has 0 aromatic rings. The Labute approximate surface area is 105 Å². The lowest BCUT2D eigenvalue weighted by Gasteiger charge is -1.94. The predicted molar refractivity (Wildman–Crippen MR) is 61.6 cm³/mol. The Hall–Kier alpha value is -1.82. The average Bonchev–Trinajstić information content (AvgIpc) is 3.21. The largest absolute Gasteiger partial charge is 0.475 e. The summed E-state index contributed by atoms with van der Waals surface area (Å²) in [7, 11) is 0. The quantitative estimate of drug-likeness (QED) is 0.437. The summed E-state index contributed by atoms with van der Waals surface area (Å²) in [6.07, 6.45) is 2.98. The summed E-state index contributed by atoms with van der Waals surface area (Å²) >= 11 is 0. The van der Waals surface area contributed by atoms with Gasteiger partial charge in [0, 0.05) is 12.5 Å². The lowest BCUT2D eigenvalue weighted by Crippen LogP contribution is -2.06. The van der Waals surface area contributed by atoms with E-state index in [2.05, 4.69) is 16.1 Å². The highest BCUT2D eigenvalue weighted by molar-refractivity contribution is 5.88. The van der Waals surface area contributed by atoms with Crippen LogP contribution in [-0.2, 0) is 23.8 Å². The minimum atomic E-state index is -0.946. The van der Waals surface area contributed by atoms with Gasteiger partial charge in [-0.1, -0.05) is 13.5 Å². The number of carbonyl (C=O) groups excluding carboxylic acids is 1. The number of aliphatic carboxylic acids is 1. The second-order valence-electron chi connectivity index (χ2n) is 3.70. The number of carbonyl (C=O) groups is 2. The summed E-state index contributed by atoms with van der Waals surface area (Å²) in [5.74, 6) is -0.536. The number of rotatable bonds is 6. The van der Waals surface area contributed by atoms with Crippen molar-refractivity contribution in [1.29, 1.82) is 0 Å². The molecular weight excluding hydrogens is 240 g/mol. The van der Waals surface area contributed by atoms with Crippen molar-refractivity contribution in [3.05, 3.63) is 24.2 Å². The van der Waals surface area contributed by atoms with Gasteiger partial charge in [0.15, 0.2) is 5.76 Å². The van der Waals surface area contributed by atoms with Crippen molar-refractivity contribution in [2.75, 3.05) is 13.2 Å². The maximum atomic E-state index is 10.3. The summed E-state index contributed by atoms with van der Waals surface area (Å²) in [6, 6.07) is 0. The van der Waals surface area contributed by atoms with Gasteiger partial charge in [-0.05, 0) is 6.42 Å². The van der Waals surface area contributed by atoms with Crippen molar-refractivity contribution in [2.45, 2.75) is 25.9 Å². The Morgan fingerprint density at radius 2 is 2.28 bits per heavy atom. The fourth-order valence-corrected chi connectivity index (χ4v) is 1.05. The molecule has 0 aromatic heterocycles. The van der Waals surface area contributed by atoms with Gasteiger partial charge in [-0.25, -0.2) is 9.59 Å². The molecule has 2 aliphatic rings. The Balaban J connectivity index is 0.000000180. The van der Waals surface area contributed by atoms with Crippen molar-refractivity contribution in [2.24, 2.45) is 0 Å². The first-order chi connectivity index (χ1) is 8.58. The zero-order valence-corrected chi connectivity index (χ0v) is 10.2. The Kier molecular flexibility index (Phi) is 5.38. The minimum Gasteiger partial charge on any atom is -0.475 e. The van der Waals surface area contributed by atoms with Crippen LogP contribution in [0.15, 0.2) is 24.2 Å². The highest BCUT2D eigenvalue weighted by atomic mass is 16.6. The van der Waals surface area contributed by atoms with E-state index in [-0.39, 0.29) is 17.8 Å². The van der Waals surface area contributed by atoms with Gasteiger partial charge in [0.05, 0.1) is 6.61 Å². The van der Waals surface area contributed by atoms with Gasteiger partial charge < -0.3 is 19.3 Å². The molecule has 0 aromatic carbocycles. The second kappa shape index (κ2) is 6.80. The molecular formula is C12H16O6. The first kappa shape index (κ1) is 14.2. The maximum Gasteiger partial charge on any atom is 0.375 e. The van der Waals surface area contributed by atoms with Gasteiger partial charge in [-0.2, -0.15) is 0 Å². The molecule has 100 valence electrons. The van der Waals surface area contributed by atoms with Crippen LogP contribution in [0.3, 0.4) is 0 Å². The molecule has 6 nitrogen and oxygen atoms in total. The van der Waals surface area contributed by atoms with Crippen LogP contribution in [0.5, 0.6) is 0 Å². The van der Waals surface area contributed by atoms with Crippen LogP contribution in [0.2, 0.25) is 0 Å². The predicted octanol–water partition coefficient (Wildman–Crippen LogP) is 1.23. The molecule has 0 aliphatic carbocycles. The third kappa shape index (κ3) is 5.49. The molecule has 1 unspecified atom stereocenters. The van der Waals surface area contributed by atoms with E-state index < -0.39 is 5.97 Å². The highest BCUT2D eigenvalue weighted by Crippen LogP contribution is 2.29. The molecule has 1 saturated heterocycles. The standard InChI is InChI=1S/2C6H8O3/c1-2-6(7)9-4-5-3-8-5;1-2-3-4-5(9-4)6(7)8/h2,5H,1,3-4H2;2-3H2,1H3,(H,7,8). The SMILES string of the molecule is C=CC(=O)OCC1CO1.CCCC1=C(C(=O)O)O1. The second-order valence-corrected chi connectivity index (χ2v) is 3.70. The normalized spacial score (nSPS) is 19.1. The van der Waals surface area contributed by atoms with E-state index >= 15 is 0 Å². The van der Waals surface area contributed by atoms with E-state index in [1.165, 1.54) is 0 Å². The third-order valence-corrected chi connectivity index (χ3v) is 2.09. The molecule has 1 atom stereocenters. The fraction of sp³-hybridized carbons (Fsp3) is 0.500. The van der Waals surface area contributed by atoms with Gasteiger partial charge in [-0.3, -0.25) is 0 Å². The molecule has 0 bridgehead atoms. The topological polar surface area (TPSA) is 88.7 Å².